The number of para-hydroxylation sites is 1. The molecule has 0 bridgehead atoms. The van der Waals surface area contributed by atoms with Gasteiger partial charge in [-0.15, -0.1) is 0 Å². The van der Waals surface area contributed by atoms with Gasteiger partial charge in [0.2, 0.25) is 0 Å². The Morgan fingerprint density at radius 1 is 1.11 bits per heavy atom. The number of aromatic nitrogens is 2. The van der Waals surface area contributed by atoms with Gasteiger partial charge in [0.05, 0.1) is 17.4 Å². The predicted molar refractivity (Wildman–Crippen MR) is 95.3 cm³/mol. The monoisotopic (exact) mass is 387 g/mol. The van der Waals surface area contributed by atoms with Crippen LogP contribution in [0.15, 0.2) is 60.8 Å². The van der Waals surface area contributed by atoms with Gasteiger partial charge in [0.1, 0.15) is 0 Å². The number of carbonyl (C=O) groups is 1. The Kier molecular flexibility index (Phi) is 4.33. The van der Waals surface area contributed by atoms with Gasteiger partial charge >= 0.3 is 6.18 Å². The smallest absolute Gasteiger partial charge is 0.418 e. The van der Waals surface area contributed by atoms with Crippen molar-refractivity contribution in [3.05, 3.63) is 77.6 Å². The van der Waals surface area contributed by atoms with Gasteiger partial charge in [-0.05, 0) is 24.1 Å². The lowest BCUT2D eigenvalue weighted by molar-refractivity contribution is -0.137. The Balaban J connectivity index is 1.54. The normalized spacial score (nSPS) is 18.7. The zero-order valence-corrected chi connectivity index (χ0v) is 14.5. The van der Waals surface area contributed by atoms with E-state index in [0.29, 0.717) is 0 Å². The molecule has 0 spiro atoms. The van der Waals surface area contributed by atoms with E-state index in [9.17, 15) is 23.1 Å². The molecule has 1 amide bonds. The number of halogens is 3. The van der Waals surface area contributed by atoms with E-state index in [4.69, 9.17) is 0 Å². The number of nitrogens with one attached hydrogen (secondary N) is 1. The minimum atomic E-state index is -4.59. The van der Waals surface area contributed by atoms with Crippen LogP contribution >= 0.6 is 0 Å². The van der Waals surface area contributed by atoms with E-state index in [2.05, 4.69) is 10.4 Å². The van der Waals surface area contributed by atoms with Gasteiger partial charge in [-0.25, -0.2) is 4.68 Å². The lowest BCUT2D eigenvalue weighted by Gasteiger charge is -2.12. The van der Waals surface area contributed by atoms with Crippen LogP contribution in [-0.4, -0.2) is 26.8 Å². The summed E-state index contributed by atoms with van der Waals surface area (Å²) in [6.45, 7) is 0. The molecule has 0 unspecified atom stereocenters. The van der Waals surface area contributed by atoms with Crippen molar-refractivity contribution < 1.29 is 23.1 Å². The lowest BCUT2D eigenvalue weighted by Crippen LogP contribution is -2.27. The molecule has 1 saturated carbocycles. The summed E-state index contributed by atoms with van der Waals surface area (Å²) < 4.78 is 40.5. The summed E-state index contributed by atoms with van der Waals surface area (Å²) in [5, 5.41) is 16.7. The van der Waals surface area contributed by atoms with Crippen molar-refractivity contribution >= 4 is 5.91 Å². The molecule has 2 aromatic carbocycles. The molecule has 1 aliphatic carbocycles. The van der Waals surface area contributed by atoms with Crippen LogP contribution in [0.4, 0.5) is 13.2 Å². The number of amides is 1. The van der Waals surface area contributed by atoms with Gasteiger partial charge in [0.15, 0.2) is 11.4 Å². The van der Waals surface area contributed by atoms with E-state index in [1.165, 1.54) is 18.2 Å². The van der Waals surface area contributed by atoms with Crippen LogP contribution in [0.5, 0.6) is 5.75 Å². The first kappa shape index (κ1) is 18.1. The van der Waals surface area contributed by atoms with Crippen LogP contribution < -0.4 is 5.32 Å². The third kappa shape index (κ3) is 3.45. The maximum absolute atomic E-state index is 13.2. The molecule has 3 aromatic rings. The molecular formula is C20H16F3N3O2. The molecule has 5 nitrogen and oxygen atoms in total. The third-order valence-electron chi connectivity index (χ3n) is 4.70. The topological polar surface area (TPSA) is 67.2 Å². The Morgan fingerprint density at radius 2 is 1.79 bits per heavy atom. The Labute approximate surface area is 158 Å². The van der Waals surface area contributed by atoms with Crippen molar-refractivity contribution in [3.63, 3.8) is 0 Å². The minimum Gasteiger partial charge on any atom is -0.504 e. The molecule has 0 aliphatic heterocycles. The first-order valence-corrected chi connectivity index (χ1v) is 8.65. The number of hydrogen-bond acceptors (Lipinski definition) is 3. The van der Waals surface area contributed by atoms with E-state index in [1.54, 1.807) is 0 Å². The quantitative estimate of drug-likeness (QED) is 0.714. The Bertz CT molecular complexity index is 1020. The molecule has 1 heterocycles. The van der Waals surface area contributed by atoms with Crippen LogP contribution in [-0.2, 0) is 6.18 Å². The fraction of sp³-hybridized carbons (Fsp3) is 0.200. The summed E-state index contributed by atoms with van der Waals surface area (Å²) in [5.41, 5.74) is -0.383. The molecule has 144 valence electrons. The summed E-state index contributed by atoms with van der Waals surface area (Å²) in [5.74, 6) is -0.920. The maximum Gasteiger partial charge on any atom is 0.418 e. The number of nitrogens with zero attached hydrogens (tertiary/aromatic N) is 2. The molecule has 2 atom stereocenters. The van der Waals surface area contributed by atoms with Crippen LogP contribution in [0, 0.1) is 0 Å². The summed E-state index contributed by atoms with van der Waals surface area (Å²) in [4.78, 5) is 12.5. The van der Waals surface area contributed by atoms with Gasteiger partial charge in [0.25, 0.3) is 5.91 Å². The molecule has 4 rings (SSSR count). The number of hydrogen-bond donors (Lipinski definition) is 2. The number of carbonyl (C=O) groups excluding carboxylic acids is 1. The molecule has 0 radical (unpaired) electrons. The molecule has 1 aliphatic rings. The van der Waals surface area contributed by atoms with Crippen molar-refractivity contribution in [1.82, 2.24) is 15.1 Å². The van der Waals surface area contributed by atoms with Crippen molar-refractivity contribution in [2.45, 2.75) is 24.6 Å². The molecular weight excluding hydrogens is 371 g/mol. The van der Waals surface area contributed by atoms with Crippen LogP contribution in [0.25, 0.3) is 5.69 Å². The Hall–Kier alpha value is -3.29. The largest absolute Gasteiger partial charge is 0.504 e. The van der Waals surface area contributed by atoms with E-state index in [0.717, 1.165) is 28.9 Å². The minimum absolute atomic E-state index is 0.0955. The molecule has 8 heteroatoms. The Morgan fingerprint density at radius 3 is 2.50 bits per heavy atom. The third-order valence-corrected chi connectivity index (χ3v) is 4.70. The second-order valence-electron chi connectivity index (χ2n) is 6.66. The van der Waals surface area contributed by atoms with E-state index >= 15 is 0 Å². The highest BCUT2D eigenvalue weighted by molar-refractivity contribution is 5.95. The molecule has 0 saturated heterocycles. The van der Waals surface area contributed by atoms with Crippen molar-refractivity contribution in [2.75, 3.05) is 0 Å². The highest BCUT2D eigenvalue weighted by Gasteiger charge is 2.40. The van der Waals surface area contributed by atoms with Crippen LogP contribution in [0.3, 0.4) is 0 Å². The van der Waals surface area contributed by atoms with E-state index in [1.807, 2.05) is 30.3 Å². The van der Waals surface area contributed by atoms with Crippen molar-refractivity contribution in [2.24, 2.45) is 0 Å². The van der Waals surface area contributed by atoms with Gasteiger partial charge in [-0.3, -0.25) is 4.79 Å². The lowest BCUT2D eigenvalue weighted by atomic mass is 10.1. The summed E-state index contributed by atoms with van der Waals surface area (Å²) in [7, 11) is 0. The summed E-state index contributed by atoms with van der Waals surface area (Å²) in [6.07, 6.45) is -2.83. The highest BCUT2D eigenvalue weighted by atomic mass is 19.4. The van der Waals surface area contributed by atoms with Gasteiger partial charge in [-0.2, -0.15) is 18.3 Å². The highest BCUT2D eigenvalue weighted by Crippen LogP contribution is 2.41. The van der Waals surface area contributed by atoms with E-state index in [-0.39, 0.29) is 23.3 Å². The van der Waals surface area contributed by atoms with Crippen LogP contribution in [0.1, 0.15) is 34.0 Å². The SMILES string of the molecule is O=C(N[C@H]1C[C@@H]1c1ccccc1)c1nn(-c2ccccc2C(F)(F)F)cc1O. The number of aromatic hydroxyl groups is 1. The average molecular weight is 387 g/mol. The number of rotatable bonds is 4. The van der Waals surface area contributed by atoms with Gasteiger partial charge in [-0.1, -0.05) is 42.5 Å². The predicted octanol–water partition coefficient (Wildman–Crippen LogP) is 3.88. The second kappa shape index (κ2) is 6.70. The van der Waals surface area contributed by atoms with E-state index < -0.39 is 23.4 Å². The molecule has 28 heavy (non-hydrogen) atoms. The zero-order valence-electron chi connectivity index (χ0n) is 14.5. The fourth-order valence-electron chi connectivity index (χ4n) is 3.22. The zero-order chi connectivity index (χ0) is 19.9. The molecule has 1 aromatic heterocycles. The van der Waals surface area contributed by atoms with Crippen molar-refractivity contribution in [1.29, 1.82) is 0 Å². The maximum atomic E-state index is 13.2. The van der Waals surface area contributed by atoms with Gasteiger partial charge in [0, 0.05) is 12.0 Å². The standard InChI is InChI=1S/C20H16F3N3O2/c21-20(22,23)14-8-4-5-9-16(14)26-11-17(27)18(25-26)19(28)24-15-10-13(15)12-6-2-1-3-7-12/h1-9,11,13,15,27H,10H2,(H,24,28)/t13-,15+/m1/s1. The fourth-order valence-corrected chi connectivity index (χ4v) is 3.22. The summed E-state index contributed by atoms with van der Waals surface area (Å²) >= 11 is 0. The molecule has 2 N–H and O–H groups in total. The first-order chi connectivity index (χ1) is 13.3. The number of alkyl halides is 3. The average Bonchev–Trinajstić information content (AvgIpc) is 3.32. The number of benzene rings is 2. The first-order valence-electron chi connectivity index (χ1n) is 8.65. The van der Waals surface area contributed by atoms with Gasteiger partial charge < -0.3 is 10.4 Å². The second-order valence-corrected chi connectivity index (χ2v) is 6.66. The van der Waals surface area contributed by atoms with Crippen molar-refractivity contribution in [3.8, 4) is 11.4 Å². The summed E-state index contributed by atoms with van der Waals surface area (Å²) in [6, 6.07) is 14.4. The molecule has 1 fully saturated rings. The van der Waals surface area contributed by atoms with Crippen LogP contribution in [0.2, 0.25) is 0 Å².